The van der Waals surface area contributed by atoms with E-state index in [0.717, 1.165) is 43.2 Å². The first-order valence-corrected chi connectivity index (χ1v) is 8.37. The molecule has 2 N–H and O–H groups in total. The van der Waals surface area contributed by atoms with Gasteiger partial charge >= 0.3 is 0 Å². The molecule has 1 saturated heterocycles. The van der Waals surface area contributed by atoms with E-state index in [1.165, 1.54) is 0 Å². The van der Waals surface area contributed by atoms with Crippen LogP contribution >= 0.6 is 0 Å². The van der Waals surface area contributed by atoms with Gasteiger partial charge in [0.25, 0.3) is 0 Å². The first kappa shape index (κ1) is 16.5. The molecule has 0 aromatic carbocycles. The van der Waals surface area contributed by atoms with Crippen molar-refractivity contribution in [1.29, 1.82) is 0 Å². The fourth-order valence-electron chi connectivity index (χ4n) is 2.90. The maximum absolute atomic E-state index is 12.0. The fourth-order valence-corrected chi connectivity index (χ4v) is 2.90. The van der Waals surface area contributed by atoms with Crippen LogP contribution in [0.3, 0.4) is 0 Å². The zero-order valence-corrected chi connectivity index (χ0v) is 14.0. The Balaban J connectivity index is 1.35. The Morgan fingerprint density at radius 2 is 2.33 bits per heavy atom. The van der Waals surface area contributed by atoms with Crippen LogP contribution < -0.4 is 10.6 Å². The van der Waals surface area contributed by atoms with Crippen LogP contribution in [0.5, 0.6) is 0 Å². The molecule has 1 aliphatic rings. The van der Waals surface area contributed by atoms with Crippen LogP contribution in [0.15, 0.2) is 41.1 Å². The Kier molecular flexibility index (Phi) is 5.48. The van der Waals surface area contributed by atoms with Gasteiger partial charge in [-0.05, 0) is 49.6 Å². The van der Waals surface area contributed by atoms with Gasteiger partial charge in [-0.2, -0.15) is 0 Å². The lowest BCUT2D eigenvalue weighted by atomic mass is 10.1. The fraction of sp³-hybridized carbons (Fsp3) is 0.444. The molecule has 1 amide bonds. The number of aromatic nitrogens is 1. The third-order valence-corrected chi connectivity index (χ3v) is 4.26. The summed E-state index contributed by atoms with van der Waals surface area (Å²) in [6, 6.07) is 7.74. The highest BCUT2D eigenvalue weighted by molar-refractivity contribution is 5.77. The molecule has 0 aliphatic carbocycles. The van der Waals surface area contributed by atoms with Gasteiger partial charge in [0.15, 0.2) is 0 Å². The molecule has 2 aromatic heterocycles. The molecule has 3 heterocycles. The summed E-state index contributed by atoms with van der Waals surface area (Å²) >= 11 is 0. The van der Waals surface area contributed by atoms with Gasteiger partial charge in [0, 0.05) is 19.3 Å². The zero-order chi connectivity index (χ0) is 16.8. The van der Waals surface area contributed by atoms with Gasteiger partial charge in [0.1, 0.15) is 11.6 Å². The Hall–Kier alpha value is -2.34. The van der Waals surface area contributed by atoms with Crippen LogP contribution in [0.4, 0.5) is 5.82 Å². The van der Waals surface area contributed by atoms with E-state index in [0.29, 0.717) is 19.0 Å². The minimum Gasteiger partial charge on any atom is -0.467 e. The number of aryl methyl sites for hydroxylation is 1. The largest absolute Gasteiger partial charge is 0.467 e. The summed E-state index contributed by atoms with van der Waals surface area (Å²) in [5.41, 5.74) is 1.16. The van der Waals surface area contributed by atoms with Crippen molar-refractivity contribution in [2.75, 3.05) is 31.5 Å². The molecule has 1 fully saturated rings. The zero-order valence-electron chi connectivity index (χ0n) is 14.0. The van der Waals surface area contributed by atoms with Crippen LogP contribution in [-0.2, 0) is 11.3 Å². The molecular weight excluding hydrogens is 304 g/mol. The molecule has 3 rings (SSSR count). The monoisotopic (exact) mass is 328 g/mol. The summed E-state index contributed by atoms with van der Waals surface area (Å²) in [5, 5.41) is 6.27. The van der Waals surface area contributed by atoms with Crippen molar-refractivity contribution in [2.24, 2.45) is 5.92 Å². The first-order valence-electron chi connectivity index (χ1n) is 8.37. The van der Waals surface area contributed by atoms with E-state index in [9.17, 15) is 4.79 Å². The van der Waals surface area contributed by atoms with E-state index >= 15 is 0 Å². The van der Waals surface area contributed by atoms with E-state index in [1.54, 1.807) is 6.26 Å². The van der Waals surface area contributed by atoms with Crippen molar-refractivity contribution in [3.8, 4) is 0 Å². The molecule has 2 aromatic rings. The molecule has 0 bridgehead atoms. The van der Waals surface area contributed by atoms with E-state index in [-0.39, 0.29) is 5.91 Å². The third-order valence-electron chi connectivity index (χ3n) is 4.26. The molecule has 6 nitrogen and oxygen atoms in total. The van der Waals surface area contributed by atoms with E-state index in [1.807, 2.05) is 31.3 Å². The van der Waals surface area contributed by atoms with Crippen LogP contribution in [0, 0.1) is 12.8 Å². The van der Waals surface area contributed by atoms with Crippen molar-refractivity contribution in [2.45, 2.75) is 19.9 Å². The number of likely N-dealkylation sites (tertiary alicyclic amines) is 1. The number of nitrogens with one attached hydrogen (secondary N) is 2. The van der Waals surface area contributed by atoms with Crippen LogP contribution in [0.1, 0.15) is 17.7 Å². The number of rotatable bonds is 7. The summed E-state index contributed by atoms with van der Waals surface area (Å²) < 4.78 is 5.21. The van der Waals surface area contributed by atoms with E-state index in [2.05, 4.69) is 26.6 Å². The second-order valence-corrected chi connectivity index (χ2v) is 6.35. The number of amides is 1. The van der Waals surface area contributed by atoms with Gasteiger partial charge in [-0.3, -0.25) is 9.69 Å². The number of anilines is 1. The maximum atomic E-state index is 12.0. The Bertz CT molecular complexity index is 640. The molecule has 1 atom stereocenters. The van der Waals surface area contributed by atoms with Gasteiger partial charge in [-0.15, -0.1) is 0 Å². The minimum atomic E-state index is 0.0419. The number of hydrogen-bond donors (Lipinski definition) is 2. The van der Waals surface area contributed by atoms with Crippen molar-refractivity contribution in [1.82, 2.24) is 15.2 Å². The lowest BCUT2D eigenvalue weighted by molar-refractivity contribution is -0.122. The van der Waals surface area contributed by atoms with Crippen LogP contribution in [-0.4, -0.2) is 42.0 Å². The number of carbonyl (C=O) groups is 1. The molecular formula is C18H24N4O2. The Morgan fingerprint density at radius 3 is 3.08 bits per heavy atom. The molecule has 0 saturated carbocycles. The summed E-state index contributed by atoms with van der Waals surface area (Å²) in [7, 11) is 0. The molecule has 0 spiro atoms. The highest BCUT2D eigenvalue weighted by atomic mass is 16.3. The average Bonchev–Trinajstić information content (AvgIpc) is 3.24. The molecule has 128 valence electrons. The second kappa shape index (κ2) is 7.97. The highest BCUT2D eigenvalue weighted by Crippen LogP contribution is 2.16. The normalized spacial score (nSPS) is 17.8. The quantitative estimate of drug-likeness (QED) is 0.814. The van der Waals surface area contributed by atoms with E-state index in [4.69, 9.17) is 4.42 Å². The standard InChI is InChI=1S/C18H24N4O2/c1-14-4-5-17(19-9-14)20-10-15-6-7-22(12-15)13-18(23)21-11-16-3-2-8-24-16/h2-5,8-9,15H,6-7,10-13H2,1H3,(H,19,20)(H,21,23). The van der Waals surface area contributed by atoms with Gasteiger partial charge in [-0.25, -0.2) is 4.98 Å². The summed E-state index contributed by atoms with van der Waals surface area (Å²) in [4.78, 5) is 18.6. The van der Waals surface area contributed by atoms with Crippen LogP contribution in [0.25, 0.3) is 0 Å². The lowest BCUT2D eigenvalue weighted by Crippen LogP contribution is -2.36. The predicted octanol–water partition coefficient (Wildman–Crippen LogP) is 2.03. The topological polar surface area (TPSA) is 70.4 Å². The van der Waals surface area contributed by atoms with Crippen molar-refractivity contribution >= 4 is 11.7 Å². The molecule has 6 heteroatoms. The van der Waals surface area contributed by atoms with Gasteiger partial charge in [0.05, 0.1) is 19.4 Å². The summed E-state index contributed by atoms with van der Waals surface area (Å²) in [6.07, 6.45) is 4.58. The molecule has 1 unspecified atom stereocenters. The second-order valence-electron chi connectivity index (χ2n) is 6.35. The van der Waals surface area contributed by atoms with Crippen LogP contribution in [0.2, 0.25) is 0 Å². The van der Waals surface area contributed by atoms with Crippen molar-refractivity contribution in [3.05, 3.63) is 48.0 Å². The van der Waals surface area contributed by atoms with Crippen molar-refractivity contribution in [3.63, 3.8) is 0 Å². The first-order chi connectivity index (χ1) is 11.7. The molecule has 0 radical (unpaired) electrons. The number of carbonyl (C=O) groups excluding carboxylic acids is 1. The third kappa shape index (κ3) is 4.83. The predicted molar refractivity (Wildman–Crippen MR) is 92.6 cm³/mol. The van der Waals surface area contributed by atoms with Gasteiger partial charge in [-0.1, -0.05) is 6.07 Å². The van der Waals surface area contributed by atoms with Crippen molar-refractivity contribution < 1.29 is 9.21 Å². The smallest absolute Gasteiger partial charge is 0.234 e. The number of hydrogen-bond acceptors (Lipinski definition) is 5. The summed E-state index contributed by atoms with van der Waals surface area (Å²) in [5.74, 6) is 2.28. The number of pyridine rings is 1. The lowest BCUT2D eigenvalue weighted by Gasteiger charge is -2.16. The number of nitrogens with zero attached hydrogens (tertiary/aromatic N) is 2. The molecule has 1 aliphatic heterocycles. The maximum Gasteiger partial charge on any atom is 0.234 e. The Labute approximate surface area is 142 Å². The minimum absolute atomic E-state index is 0.0419. The molecule has 24 heavy (non-hydrogen) atoms. The number of furan rings is 1. The average molecular weight is 328 g/mol. The van der Waals surface area contributed by atoms with Gasteiger partial charge in [0.2, 0.25) is 5.91 Å². The highest BCUT2D eigenvalue weighted by Gasteiger charge is 2.23. The SMILES string of the molecule is Cc1ccc(NCC2CCN(CC(=O)NCc3ccco3)C2)nc1. The van der Waals surface area contributed by atoms with E-state index < -0.39 is 0 Å². The van der Waals surface area contributed by atoms with Gasteiger partial charge < -0.3 is 15.1 Å². The Morgan fingerprint density at radius 1 is 1.42 bits per heavy atom. The summed E-state index contributed by atoms with van der Waals surface area (Å²) in [6.45, 7) is 5.71.